The molecule has 120 valence electrons. The highest BCUT2D eigenvalue weighted by Crippen LogP contribution is 2.14. The number of rotatable bonds is 5. The van der Waals surface area contributed by atoms with E-state index in [1.165, 1.54) is 6.07 Å². The Morgan fingerprint density at radius 1 is 1.13 bits per heavy atom. The van der Waals surface area contributed by atoms with Crippen molar-refractivity contribution in [2.75, 3.05) is 0 Å². The fraction of sp³-hybridized carbons (Fsp3) is 0.176. The van der Waals surface area contributed by atoms with Gasteiger partial charge in [0, 0.05) is 12.1 Å². The van der Waals surface area contributed by atoms with Crippen LogP contribution in [-0.4, -0.2) is 17.9 Å². The van der Waals surface area contributed by atoms with Crippen LogP contribution < -0.4 is 10.6 Å². The highest BCUT2D eigenvalue weighted by atomic mass is 35.5. The third-order valence-corrected chi connectivity index (χ3v) is 3.60. The molecule has 0 aliphatic rings. The van der Waals surface area contributed by atoms with Gasteiger partial charge in [0.15, 0.2) is 0 Å². The van der Waals surface area contributed by atoms with Crippen molar-refractivity contribution in [3.8, 4) is 0 Å². The molecule has 0 aliphatic carbocycles. The second-order valence-corrected chi connectivity index (χ2v) is 5.39. The van der Waals surface area contributed by atoms with E-state index in [0.29, 0.717) is 16.1 Å². The highest BCUT2D eigenvalue weighted by molar-refractivity contribution is 6.33. The lowest BCUT2D eigenvalue weighted by atomic mass is 10.2. The van der Waals surface area contributed by atoms with Gasteiger partial charge in [-0.3, -0.25) is 9.59 Å². The van der Waals surface area contributed by atoms with Gasteiger partial charge in [0.1, 0.15) is 11.9 Å². The van der Waals surface area contributed by atoms with E-state index in [4.69, 9.17) is 11.6 Å². The van der Waals surface area contributed by atoms with Crippen molar-refractivity contribution in [1.29, 1.82) is 0 Å². The summed E-state index contributed by atoms with van der Waals surface area (Å²) in [5.41, 5.74) is 0.674. The van der Waals surface area contributed by atoms with E-state index in [-0.39, 0.29) is 12.4 Å². The predicted octanol–water partition coefficient (Wildman–Crippen LogP) is 2.91. The zero-order chi connectivity index (χ0) is 16.8. The van der Waals surface area contributed by atoms with Crippen molar-refractivity contribution in [2.24, 2.45) is 0 Å². The van der Waals surface area contributed by atoms with Crippen LogP contribution in [0.5, 0.6) is 0 Å². The number of hydrogen-bond donors (Lipinski definition) is 2. The molecule has 0 radical (unpaired) electrons. The standard InChI is InChI=1S/C17H16ClFN2O2/c1-11(21-17(23)13-7-3-4-8-14(13)18)16(22)20-10-12-6-2-5-9-15(12)19/h2-9,11H,10H2,1H3,(H,20,22)(H,21,23). The van der Waals surface area contributed by atoms with Crippen molar-refractivity contribution in [2.45, 2.75) is 19.5 Å². The van der Waals surface area contributed by atoms with Crippen LogP contribution >= 0.6 is 11.6 Å². The Bertz CT molecular complexity index is 721. The van der Waals surface area contributed by atoms with E-state index in [0.717, 1.165) is 0 Å². The molecule has 0 aliphatic heterocycles. The smallest absolute Gasteiger partial charge is 0.253 e. The Morgan fingerprint density at radius 2 is 1.78 bits per heavy atom. The molecule has 4 nitrogen and oxygen atoms in total. The average molecular weight is 335 g/mol. The molecule has 2 N–H and O–H groups in total. The number of halogens is 2. The summed E-state index contributed by atoms with van der Waals surface area (Å²) < 4.78 is 13.5. The third kappa shape index (κ3) is 4.53. The van der Waals surface area contributed by atoms with Crippen LogP contribution in [0.1, 0.15) is 22.8 Å². The maximum Gasteiger partial charge on any atom is 0.253 e. The molecule has 0 spiro atoms. The van der Waals surface area contributed by atoms with Crippen LogP contribution in [0, 0.1) is 5.82 Å². The maximum absolute atomic E-state index is 13.5. The van der Waals surface area contributed by atoms with Gasteiger partial charge in [-0.25, -0.2) is 4.39 Å². The molecule has 0 heterocycles. The molecular formula is C17H16ClFN2O2. The lowest BCUT2D eigenvalue weighted by Crippen LogP contribution is -2.44. The van der Waals surface area contributed by atoms with Crippen LogP contribution in [0.2, 0.25) is 5.02 Å². The van der Waals surface area contributed by atoms with E-state index < -0.39 is 17.9 Å². The first-order valence-corrected chi connectivity index (χ1v) is 7.43. The molecule has 1 unspecified atom stereocenters. The summed E-state index contributed by atoms with van der Waals surface area (Å²) in [5, 5.41) is 5.45. The summed E-state index contributed by atoms with van der Waals surface area (Å²) in [4.78, 5) is 24.1. The summed E-state index contributed by atoms with van der Waals surface area (Å²) in [6.45, 7) is 1.60. The average Bonchev–Trinajstić information content (AvgIpc) is 2.54. The van der Waals surface area contributed by atoms with Gasteiger partial charge in [0.25, 0.3) is 5.91 Å². The Balaban J connectivity index is 1.91. The van der Waals surface area contributed by atoms with Crippen molar-refractivity contribution in [1.82, 2.24) is 10.6 Å². The predicted molar refractivity (Wildman–Crippen MR) is 86.6 cm³/mol. The monoisotopic (exact) mass is 334 g/mol. The largest absolute Gasteiger partial charge is 0.350 e. The molecule has 23 heavy (non-hydrogen) atoms. The highest BCUT2D eigenvalue weighted by Gasteiger charge is 2.18. The first kappa shape index (κ1) is 17.0. The lowest BCUT2D eigenvalue weighted by molar-refractivity contribution is -0.122. The number of amides is 2. The van der Waals surface area contributed by atoms with Gasteiger partial charge in [0.05, 0.1) is 10.6 Å². The van der Waals surface area contributed by atoms with Crippen LogP contribution in [0.15, 0.2) is 48.5 Å². The van der Waals surface area contributed by atoms with Crippen molar-refractivity contribution < 1.29 is 14.0 Å². The molecule has 2 rings (SSSR count). The summed E-state index contributed by atoms with van der Waals surface area (Å²) in [5.74, 6) is -1.24. The summed E-state index contributed by atoms with van der Waals surface area (Å²) in [7, 11) is 0. The van der Waals surface area contributed by atoms with Crippen LogP contribution in [0.25, 0.3) is 0 Å². The second-order valence-electron chi connectivity index (χ2n) is 4.98. The molecule has 2 amide bonds. The summed E-state index contributed by atoms with van der Waals surface area (Å²) >= 11 is 5.94. The Hall–Kier alpha value is -2.40. The Labute approximate surface area is 138 Å². The van der Waals surface area contributed by atoms with Crippen LogP contribution in [-0.2, 0) is 11.3 Å². The normalized spacial score (nSPS) is 11.6. The molecule has 2 aromatic rings. The lowest BCUT2D eigenvalue weighted by Gasteiger charge is -2.15. The van der Waals surface area contributed by atoms with E-state index in [1.807, 2.05) is 0 Å². The second kappa shape index (κ2) is 7.74. The van der Waals surface area contributed by atoms with E-state index >= 15 is 0 Å². The number of carbonyl (C=O) groups is 2. The zero-order valence-electron chi connectivity index (χ0n) is 12.5. The number of hydrogen-bond acceptors (Lipinski definition) is 2. The van der Waals surface area contributed by atoms with Gasteiger partial charge in [-0.2, -0.15) is 0 Å². The summed E-state index contributed by atoms with van der Waals surface area (Å²) in [6.07, 6.45) is 0. The van der Waals surface area contributed by atoms with Gasteiger partial charge < -0.3 is 10.6 Å². The van der Waals surface area contributed by atoms with E-state index in [2.05, 4.69) is 10.6 Å². The van der Waals surface area contributed by atoms with Gasteiger partial charge >= 0.3 is 0 Å². The van der Waals surface area contributed by atoms with Gasteiger partial charge in [0.2, 0.25) is 5.91 Å². The Kier molecular flexibility index (Phi) is 5.71. The molecule has 0 saturated carbocycles. The molecule has 0 fully saturated rings. The molecule has 1 atom stereocenters. The Morgan fingerprint density at radius 3 is 2.48 bits per heavy atom. The van der Waals surface area contributed by atoms with Crippen molar-refractivity contribution in [3.05, 3.63) is 70.5 Å². The van der Waals surface area contributed by atoms with Gasteiger partial charge in [-0.1, -0.05) is 41.9 Å². The fourth-order valence-electron chi connectivity index (χ4n) is 1.96. The van der Waals surface area contributed by atoms with E-state index in [9.17, 15) is 14.0 Å². The molecule has 0 bridgehead atoms. The first-order valence-electron chi connectivity index (χ1n) is 7.05. The van der Waals surface area contributed by atoms with Crippen LogP contribution in [0.3, 0.4) is 0 Å². The number of carbonyl (C=O) groups excluding carboxylic acids is 2. The summed E-state index contributed by atoms with van der Waals surface area (Å²) in [6, 6.07) is 12.0. The minimum Gasteiger partial charge on any atom is -0.350 e. The van der Waals surface area contributed by atoms with Crippen molar-refractivity contribution >= 4 is 23.4 Å². The van der Waals surface area contributed by atoms with E-state index in [1.54, 1.807) is 49.4 Å². The molecule has 0 saturated heterocycles. The van der Waals surface area contributed by atoms with Gasteiger partial charge in [-0.15, -0.1) is 0 Å². The molecule has 0 aromatic heterocycles. The molecule has 2 aromatic carbocycles. The zero-order valence-corrected chi connectivity index (χ0v) is 13.2. The first-order chi connectivity index (χ1) is 11.0. The quantitative estimate of drug-likeness (QED) is 0.883. The van der Waals surface area contributed by atoms with Crippen molar-refractivity contribution in [3.63, 3.8) is 0 Å². The third-order valence-electron chi connectivity index (χ3n) is 3.27. The topological polar surface area (TPSA) is 58.2 Å². The minimum absolute atomic E-state index is 0.0534. The fourth-order valence-corrected chi connectivity index (χ4v) is 2.18. The SMILES string of the molecule is CC(NC(=O)c1ccccc1Cl)C(=O)NCc1ccccc1F. The molecule has 6 heteroatoms. The van der Waals surface area contributed by atoms with Gasteiger partial charge in [-0.05, 0) is 25.1 Å². The number of benzene rings is 2. The number of nitrogens with one attached hydrogen (secondary N) is 2. The minimum atomic E-state index is -0.773. The maximum atomic E-state index is 13.5. The molecular weight excluding hydrogens is 319 g/mol. The van der Waals surface area contributed by atoms with Crippen LogP contribution in [0.4, 0.5) is 4.39 Å².